The SMILES string of the molecule is CC(C)(C)O[C@@H]1C[C@@H](C(=O)Nc2ccc(C=Cc3ccc(NC(=O)[C@@H]4C[C@@H](OC(C)(C)C)CN4C(=O)[C@H]4CCCO4)cc3)cc2)N(C(=O)[C@H]2CCCO2)C1. The summed E-state index contributed by atoms with van der Waals surface area (Å²) in [6.45, 7) is 13.7. The van der Waals surface area contributed by atoms with E-state index < -0.39 is 35.5 Å². The number of likely N-dealkylation sites (tertiary alicyclic amines) is 2. The summed E-state index contributed by atoms with van der Waals surface area (Å²) in [5.74, 6) is -0.786. The van der Waals surface area contributed by atoms with Gasteiger partial charge in [-0.2, -0.15) is 0 Å². The number of hydrogen-bond donors (Lipinski definition) is 2. The summed E-state index contributed by atoms with van der Waals surface area (Å²) in [7, 11) is 0. The van der Waals surface area contributed by atoms with Crippen molar-refractivity contribution in [3.05, 3.63) is 59.7 Å². The average Bonchev–Trinajstić information content (AvgIpc) is 3.94. The largest absolute Gasteiger partial charge is 0.371 e. The van der Waals surface area contributed by atoms with Gasteiger partial charge in [-0.15, -0.1) is 0 Å². The average molecular weight is 745 g/mol. The summed E-state index contributed by atoms with van der Waals surface area (Å²) < 4.78 is 23.7. The Labute approximate surface area is 318 Å². The van der Waals surface area contributed by atoms with Crippen LogP contribution in [0.4, 0.5) is 11.4 Å². The van der Waals surface area contributed by atoms with E-state index in [0.717, 1.165) is 24.0 Å². The Morgan fingerprint density at radius 3 is 1.31 bits per heavy atom. The van der Waals surface area contributed by atoms with Gasteiger partial charge >= 0.3 is 0 Å². The lowest BCUT2D eigenvalue weighted by Gasteiger charge is -2.26. The number of ether oxygens (including phenoxy) is 4. The van der Waals surface area contributed by atoms with Crippen LogP contribution < -0.4 is 10.6 Å². The van der Waals surface area contributed by atoms with E-state index in [1.807, 2.05) is 102 Å². The predicted molar refractivity (Wildman–Crippen MR) is 207 cm³/mol. The van der Waals surface area contributed by atoms with Gasteiger partial charge in [0.25, 0.3) is 11.8 Å². The smallest absolute Gasteiger partial charge is 0.252 e. The Balaban J connectivity index is 1.04. The number of carbonyl (C=O) groups excluding carboxylic acids is 4. The minimum Gasteiger partial charge on any atom is -0.371 e. The van der Waals surface area contributed by atoms with Gasteiger partial charge in [0.05, 0.1) is 23.4 Å². The first-order chi connectivity index (χ1) is 25.6. The molecule has 4 aliphatic rings. The Kier molecular flexibility index (Phi) is 12.3. The second-order valence-corrected chi connectivity index (χ2v) is 16.7. The second kappa shape index (κ2) is 16.7. The third-order valence-electron chi connectivity index (χ3n) is 9.97. The minimum absolute atomic E-state index is 0.148. The first-order valence-electron chi connectivity index (χ1n) is 19.3. The van der Waals surface area contributed by atoms with Gasteiger partial charge in [-0.1, -0.05) is 36.4 Å². The first-order valence-corrected chi connectivity index (χ1v) is 19.3. The molecule has 6 rings (SSSR count). The monoisotopic (exact) mass is 744 g/mol. The summed E-state index contributed by atoms with van der Waals surface area (Å²) in [5.41, 5.74) is 2.35. The lowest BCUT2D eigenvalue weighted by atomic mass is 10.1. The van der Waals surface area contributed by atoms with E-state index in [0.29, 0.717) is 63.4 Å². The number of hydrogen-bond acceptors (Lipinski definition) is 8. The summed E-state index contributed by atoms with van der Waals surface area (Å²) in [6, 6.07) is 13.7. The summed E-state index contributed by atoms with van der Waals surface area (Å²) in [5, 5.41) is 6.00. The number of nitrogens with zero attached hydrogens (tertiary/aromatic N) is 2. The van der Waals surface area contributed by atoms with E-state index in [1.54, 1.807) is 9.80 Å². The summed E-state index contributed by atoms with van der Waals surface area (Å²) >= 11 is 0. The highest BCUT2D eigenvalue weighted by molar-refractivity contribution is 5.99. The molecule has 4 amide bonds. The van der Waals surface area contributed by atoms with Crippen molar-refractivity contribution in [1.29, 1.82) is 0 Å². The zero-order valence-electron chi connectivity index (χ0n) is 32.5. The number of benzene rings is 2. The molecule has 12 nitrogen and oxygen atoms in total. The molecule has 12 heteroatoms. The number of rotatable bonds is 10. The predicted octanol–water partition coefficient (Wildman–Crippen LogP) is 5.66. The van der Waals surface area contributed by atoms with Crippen LogP contribution in [0.1, 0.15) is 91.2 Å². The maximum Gasteiger partial charge on any atom is 0.252 e. The van der Waals surface area contributed by atoms with E-state index in [9.17, 15) is 19.2 Å². The molecule has 54 heavy (non-hydrogen) atoms. The van der Waals surface area contributed by atoms with Gasteiger partial charge in [0.1, 0.15) is 24.3 Å². The molecule has 4 fully saturated rings. The molecule has 0 bridgehead atoms. The normalized spacial score (nSPS) is 26.1. The van der Waals surface area contributed by atoms with Crippen molar-refractivity contribution in [2.75, 3.05) is 36.9 Å². The molecule has 0 radical (unpaired) electrons. The van der Waals surface area contributed by atoms with Crippen LogP contribution in [-0.4, -0.2) is 107 Å². The Bertz CT molecular complexity index is 1540. The van der Waals surface area contributed by atoms with Crippen LogP contribution in [0.15, 0.2) is 48.5 Å². The highest BCUT2D eigenvalue weighted by Crippen LogP contribution is 2.30. The van der Waals surface area contributed by atoms with Gasteiger partial charge in [-0.05, 0) is 103 Å². The van der Waals surface area contributed by atoms with Crippen molar-refractivity contribution in [3.63, 3.8) is 0 Å². The third kappa shape index (κ3) is 10.3. The highest BCUT2D eigenvalue weighted by atomic mass is 16.5. The minimum atomic E-state index is -0.646. The van der Waals surface area contributed by atoms with Crippen LogP contribution in [-0.2, 0) is 38.1 Å². The van der Waals surface area contributed by atoms with E-state index in [4.69, 9.17) is 18.9 Å². The standard InChI is InChI=1S/C42H56N4O8/c1-41(2,3)53-31-23-33(45(25-31)39(49)35-9-7-21-51-35)37(47)43-29-17-13-27(14-18-29)11-12-28-15-19-30(20-16-28)44-38(48)34-24-32(54-42(4,5)6)26-46(34)40(50)36-10-8-22-52-36/h11-20,31-36H,7-10,21-26H2,1-6H3,(H,43,47)(H,44,48)/t31-,32-,33+,34+,35-,36-/m1/s1. The number of carbonyl (C=O) groups is 4. The molecule has 2 aromatic rings. The second-order valence-electron chi connectivity index (χ2n) is 16.7. The molecule has 0 spiro atoms. The molecular weight excluding hydrogens is 688 g/mol. The fourth-order valence-electron chi connectivity index (χ4n) is 7.66. The zero-order valence-corrected chi connectivity index (χ0v) is 32.5. The molecule has 0 aliphatic carbocycles. The molecule has 4 aliphatic heterocycles. The molecule has 0 saturated carbocycles. The number of anilines is 2. The van der Waals surface area contributed by atoms with E-state index in [2.05, 4.69) is 10.6 Å². The third-order valence-corrected chi connectivity index (χ3v) is 9.97. The highest BCUT2D eigenvalue weighted by Gasteiger charge is 2.45. The lowest BCUT2D eigenvalue weighted by molar-refractivity contribution is -0.145. The van der Waals surface area contributed by atoms with Crippen molar-refractivity contribution in [2.45, 2.75) is 128 Å². The maximum atomic E-state index is 13.5. The molecule has 4 heterocycles. The van der Waals surface area contributed by atoms with E-state index >= 15 is 0 Å². The van der Waals surface area contributed by atoms with E-state index in [1.165, 1.54) is 0 Å². The molecule has 2 aromatic carbocycles. The maximum absolute atomic E-state index is 13.5. The number of amides is 4. The molecule has 6 atom stereocenters. The van der Waals surface area contributed by atoms with Crippen LogP contribution in [0.2, 0.25) is 0 Å². The Morgan fingerprint density at radius 1 is 0.630 bits per heavy atom. The van der Waals surface area contributed by atoms with Crippen LogP contribution in [0, 0.1) is 0 Å². The van der Waals surface area contributed by atoms with Crippen LogP contribution in [0.5, 0.6) is 0 Å². The molecule has 4 saturated heterocycles. The molecule has 0 aromatic heterocycles. The first kappa shape index (κ1) is 39.6. The lowest BCUT2D eigenvalue weighted by Crippen LogP contribution is -2.47. The van der Waals surface area contributed by atoms with Crippen LogP contribution in [0.3, 0.4) is 0 Å². The summed E-state index contributed by atoms with van der Waals surface area (Å²) in [4.78, 5) is 56.9. The Hall–Kier alpha value is -4.10. The molecular formula is C42H56N4O8. The van der Waals surface area contributed by atoms with Gasteiger partial charge in [-0.3, -0.25) is 19.2 Å². The van der Waals surface area contributed by atoms with Crippen molar-refractivity contribution in [3.8, 4) is 0 Å². The fraction of sp³-hybridized carbons (Fsp3) is 0.571. The molecule has 0 unspecified atom stereocenters. The molecule has 292 valence electrons. The van der Waals surface area contributed by atoms with Crippen LogP contribution in [0.25, 0.3) is 12.2 Å². The summed E-state index contributed by atoms with van der Waals surface area (Å²) in [6.07, 6.45) is 6.29. The van der Waals surface area contributed by atoms with Crippen molar-refractivity contribution in [1.82, 2.24) is 9.80 Å². The van der Waals surface area contributed by atoms with Crippen LogP contribution >= 0.6 is 0 Å². The Morgan fingerprint density at radius 2 is 1.00 bits per heavy atom. The van der Waals surface area contributed by atoms with Gasteiger partial charge in [-0.25, -0.2) is 0 Å². The van der Waals surface area contributed by atoms with Gasteiger partial charge < -0.3 is 39.4 Å². The van der Waals surface area contributed by atoms with Crippen molar-refractivity contribution < 1.29 is 38.1 Å². The topological polar surface area (TPSA) is 136 Å². The van der Waals surface area contributed by atoms with Crippen molar-refractivity contribution >= 4 is 47.2 Å². The van der Waals surface area contributed by atoms with Gasteiger partial charge in [0.15, 0.2) is 0 Å². The van der Waals surface area contributed by atoms with E-state index in [-0.39, 0.29) is 35.8 Å². The fourth-order valence-corrected chi connectivity index (χ4v) is 7.66. The zero-order chi connectivity index (χ0) is 38.6. The quantitative estimate of drug-likeness (QED) is 0.298. The van der Waals surface area contributed by atoms with Gasteiger partial charge in [0, 0.05) is 50.5 Å². The number of nitrogens with one attached hydrogen (secondary N) is 2. The van der Waals surface area contributed by atoms with Gasteiger partial charge in [0.2, 0.25) is 11.8 Å². The molecule has 2 N–H and O–H groups in total. The van der Waals surface area contributed by atoms with Crippen molar-refractivity contribution in [2.24, 2.45) is 0 Å².